The van der Waals surface area contributed by atoms with Crippen LogP contribution in [0.3, 0.4) is 0 Å². The van der Waals surface area contributed by atoms with Gasteiger partial charge in [-0.25, -0.2) is 0 Å². The van der Waals surface area contributed by atoms with E-state index < -0.39 is 0 Å². The lowest BCUT2D eigenvalue weighted by atomic mass is 9.90. The summed E-state index contributed by atoms with van der Waals surface area (Å²) in [6, 6.07) is 17.5. The van der Waals surface area contributed by atoms with Crippen LogP contribution in [0.2, 0.25) is 0 Å². The molecule has 0 unspecified atom stereocenters. The van der Waals surface area contributed by atoms with Gasteiger partial charge in [-0.05, 0) is 54.8 Å². The van der Waals surface area contributed by atoms with Crippen LogP contribution in [0, 0.1) is 6.92 Å². The van der Waals surface area contributed by atoms with Crippen LogP contribution in [0.25, 0.3) is 22.0 Å². The number of hydrogen-bond donors (Lipinski definition) is 0. The van der Waals surface area contributed by atoms with Crippen LogP contribution in [-0.2, 0) is 0 Å². The monoisotopic (exact) mass is 289 g/mol. The SMILES string of the molecule is CCC(CC)c1cc(C)cc(-c2cc3ccccc3cn2)c1. The second-order valence-electron chi connectivity index (χ2n) is 6.06. The van der Waals surface area contributed by atoms with Gasteiger partial charge in [0.2, 0.25) is 0 Å². The first-order valence-corrected chi connectivity index (χ1v) is 8.18. The second-order valence-corrected chi connectivity index (χ2v) is 6.06. The van der Waals surface area contributed by atoms with Gasteiger partial charge in [-0.3, -0.25) is 4.98 Å². The molecule has 0 aliphatic rings. The summed E-state index contributed by atoms with van der Waals surface area (Å²) < 4.78 is 0. The molecule has 0 aliphatic carbocycles. The van der Waals surface area contributed by atoms with Crippen LogP contribution in [0.4, 0.5) is 0 Å². The fraction of sp³-hybridized carbons (Fsp3) is 0.286. The molecular weight excluding hydrogens is 266 g/mol. The average Bonchev–Trinajstić information content (AvgIpc) is 2.55. The fourth-order valence-electron chi connectivity index (χ4n) is 3.20. The van der Waals surface area contributed by atoms with Gasteiger partial charge in [0.1, 0.15) is 0 Å². The molecule has 112 valence electrons. The Balaban J connectivity index is 2.09. The van der Waals surface area contributed by atoms with Gasteiger partial charge in [0, 0.05) is 17.1 Å². The fourth-order valence-corrected chi connectivity index (χ4v) is 3.20. The summed E-state index contributed by atoms with van der Waals surface area (Å²) in [5, 5.41) is 2.44. The van der Waals surface area contributed by atoms with Crippen molar-refractivity contribution in [2.24, 2.45) is 0 Å². The summed E-state index contributed by atoms with van der Waals surface area (Å²) in [6.45, 7) is 6.71. The summed E-state index contributed by atoms with van der Waals surface area (Å²) >= 11 is 0. The number of rotatable bonds is 4. The smallest absolute Gasteiger partial charge is 0.0708 e. The number of fused-ring (bicyclic) bond motifs is 1. The van der Waals surface area contributed by atoms with E-state index in [9.17, 15) is 0 Å². The van der Waals surface area contributed by atoms with Crippen LogP contribution in [0.15, 0.2) is 54.7 Å². The zero-order chi connectivity index (χ0) is 15.5. The highest BCUT2D eigenvalue weighted by atomic mass is 14.7. The van der Waals surface area contributed by atoms with E-state index in [4.69, 9.17) is 0 Å². The number of benzene rings is 2. The van der Waals surface area contributed by atoms with Crippen molar-refractivity contribution in [1.82, 2.24) is 4.98 Å². The molecule has 3 rings (SSSR count). The third kappa shape index (κ3) is 2.89. The van der Waals surface area contributed by atoms with E-state index in [0.29, 0.717) is 5.92 Å². The predicted molar refractivity (Wildman–Crippen MR) is 95.2 cm³/mol. The third-order valence-electron chi connectivity index (χ3n) is 4.48. The first-order valence-electron chi connectivity index (χ1n) is 8.18. The number of aromatic nitrogens is 1. The van der Waals surface area contributed by atoms with Gasteiger partial charge in [-0.15, -0.1) is 0 Å². The first kappa shape index (κ1) is 14.8. The minimum absolute atomic E-state index is 0.638. The normalized spacial score (nSPS) is 11.3. The Bertz CT molecular complexity index is 785. The van der Waals surface area contributed by atoms with Gasteiger partial charge in [0.05, 0.1) is 5.69 Å². The van der Waals surface area contributed by atoms with Crippen molar-refractivity contribution in [3.63, 3.8) is 0 Å². The molecular formula is C21H23N. The van der Waals surface area contributed by atoms with Crippen molar-refractivity contribution in [3.8, 4) is 11.3 Å². The highest BCUT2D eigenvalue weighted by molar-refractivity contribution is 5.85. The number of aryl methyl sites for hydroxylation is 1. The summed E-state index contributed by atoms with van der Waals surface area (Å²) in [7, 11) is 0. The Labute approximate surface area is 133 Å². The van der Waals surface area contributed by atoms with E-state index in [0.717, 1.165) is 5.69 Å². The molecule has 1 aromatic heterocycles. The Morgan fingerprint density at radius 2 is 1.64 bits per heavy atom. The molecule has 0 bridgehead atoms. The van der Waals surface area contributed by atoms with Crippen molar-refractivity contribution in [1.29, 1.82) is 0 Å². The lowest BCUT2D eigenvalue weighted by Gasteiger charge is -2.15. The van der Waals surface area contributed by atoms with E-state index >= 15 is 0 Å². The van der Waals surface area contributed by atoms with E-state index in [1.54, 1.807) is 0 Å². The molecule has 0 saturated carbocycles. The van der Waals surface area contributed by atoms with Crippen molar-refractivity contribution in [3.05, 3.63) is 65.9 Å². The van der Waals surface area contributed by atoms with Crippen LogP contribution in [-0.4, -0.2) is 4.98 Å². The van der Waals surface area contributed by atoms with E-state index in [1.165, 1.54) is 40.3 Å². The number of nitrogens with zero attached hydrogens (tertiary/aromatic N) is 1. The molecule has 0 spiro atoms. The topological polar surface area (TPSA) is 12.9 Å². The molecule has 3 aromatic rings. The van der Waals surface area contributed by atoms with Crippen molar-refractivity contribution >= 4 is 10.8 Å². The number of hydrogen-bond acceptors (Lipinski definition) is 1. The highest BCUT2D eigenvalue weighted by Gasteiger charge is 2.10. The molecule has 0 amide bonds. The largest absolute Gasteiger partial charge is 0.256 e. The summed E-state index contributed by atoms with van der Waals surface area (Å²) in [4.78, 5) is 4.67. The maximum Gasteiger partial charge on any atom is 0.0708 e. The van der Waals surface area contributed by atoms with E-state index in [2.05, 4.69) is 74.3 Å². The van der Waals surface area contributed by atoms with Crippen LogP contribution in [0.5, 0.6) is 0 Å². The second kappa shape index (κ2) is 6.31. The Morgan fingerprint density at radius 1 is 0.909 bits per heavy atom. The van der Waals surface area contributed by atoms with Gasteiger partial charge in [-0.1, -0.05) is 49.7 Å². The van der Waals surface area contributed by atoms with Crippen molar-refractivity contribution in [2.45, 2.75) is 39.5 Å². The molecule has 1 heterocycles. The summed E-state index contributed by atoms with van der Waals surface area (Å²) in [6.07, 6.45) is 4.35. The minimum Gasteiger partial charge on any atom is -0.256 e. The third-order valence-corrected chi connectivity index (χ3v) is 4.48. The quantitative estimate of drug-likeness (QED) is 0.564. The standard InChI is InChI=1S/C21H23N/c1-4-16(5-2)19-10-15(3)11-20(12-19)21-13-17-8-6-7-9-18(17)14-22-21/h6-14,16H,4-5H2,1-3H3. The molecule has 0 fully saturated rings. The Kier molecular flexibility index (Phi) is 4.24. The van der Waals surface area contributed by atoms with E-state index in [-0.39, 0.29) is 0 Å². The maximum absolute atomic E-state index is 4.67. The van der Waals surface area contributed by atoms with Gasteiger partial charge in [0.25, 0.3) is 0 Å². The van der Waals surface area contributed by atoms with Gasteiger partial charge < -0.3 is 0 Å². The zero-order valence-electron chi connectivity index (χ0n) is 13.6. The maximum atomic E-state index is 4.67. The average molecular weight is 289 g/mol. The van der Waals surface area contributed by atoms with Gasteiger partial charge in [-0.2, -0.15) is 0 Å². The van der Waals surface area contributed by atoms with E-state index in [1.807, 2.05) is 6.20 Å². The minimum atomic E-state index is 0.638. The van der Waals surface area contributed by atoms with Crippen molar-refractivity contribution in [2.75, 3.05) is 0 Å². The van der Waals surface area contributed by atoms with Gasteiger partial charge in [0.15, 0.2) is 0 Å². The van der Waals surface area contributed by atoms with Crippen molar-refractivity contribution < 1.29 is 0 Å². The van der Waals surface area contributed by atoms with Crippen LogP contribution in [0.1, 0.15) is 43.7 Å². The Morgan fingerprint density at radius 3 is 2.36 bits per heavy atom. The molecule has 0 atom stereocenters. The Hall–Kier alpha value is -2.15. The van der Waals surface area contributed by atoms with Crippen LogP contribution < -0.4 is 0 Å². The highest BCUT2D eigenvalue weighted by Crippen LogP contribution is 2.29. The molecule has 1 nitrogen and oxygen atoms in total. The lowest BCUT2D eigenvalue weighted by Crippen LogP contribution is -1.97. The molecule has 0 radical (unpaired) electrons. The first-order chi connectivity index (χ1) is 10.7. The molecule has 0 saturated heterocycles. The predicted octanol–water partition coefficient (Wildman–Crippen LogP) is 6.11. The zero-order valence-corrected chi connectivity index (χ0v) is 13.6. The molecule has 0 aliphatic heterocycles. The molecule has 2 aromatic carbocycles. The van der Waals surface area contributed by atoms with Gasteiger partial charge >= 0.3 is 0 Å². The lowest BCUT2D eigenvalue weighted by molar-refractivity contribution is 0.641. The summed E-state index contributed by atoms with van der Waals surface area (Å²) in [5.41, 5.74) is 5.05. The number of pyridine rings is 1. The molecule has 0 N–H and O–H groups in total. The molecule has 1 heteroatoms. The van der Waals surface area contributed by atoms with Crippen LogP contribution >= 0.6 is 0 Å². The summed E-state index contributed by atoms with van der Waals surface area (Å²) in [5.74, 6) is 0.638. The molecule has 22 heavy (non-hydrogen) atoms.